The molecule has 136 valence electrons. The van der Waals surface area contributed by atoms with E-state index >= 15 is 0 Å². The van der Waals surface area contributed by atoms with Crippen LogP contribution in [-0.4, -0.2) is 18.4 Å². The molecule has 1 aliphatic carbocycles. The van der Waals surface area contributed by atoms with Crippen LogP contribution >= 0.6 is 0 Å². The van der Waals surface area contributed by atoms with Gasteiger partial charge in [-0.3, -0.25) is 9.59 Å². The number of hydrogen-bond acceptors (Lipinski definition) is 3. The highest BCUT2D eigenvalue weighted by Gasteiger charge is 2.13. The number of carbonyl (C=O) groups excluding carboxylic acids is 2. The van der Waals surface area contributed by atoms with Crippen LogP contribution in [0.15, 0.2) is 52.7 Å². The molecular weight excluding hydrogens is 328 g/mol. The summed E-state index contributed by atoms with van der Waals surface area (Å²) in [4.78, 5) is 24.5. The van der Waals surface area contributed by atoms with Gasteiger partial charge in [-0.1, -0.05) is 17.7 Å². The molecule has 2 aromatic rings. The summed E-state index contributed by atoms with van der Waals surface area (Å²) in [5, 5.41) is 5.76. The number of hydrogen-bond donors (Lipinski definition) is 2. The molecule has 5 heteroatoms. The third kappa shape index (κ3) is 4.63. The van der Waals surface area contributed by atoms with Crippen molar-refractivity contribution in [3.05, 3.63) is 65.1 Å². The van der Waals surface area contributed by atoms with Crippen LogP contribution in [0.4, 0.5) is 5.69 Å². The van der Waals surface area contributed by atoms with Gasteiger partial charge in [-0.15, -0.1) is 0 Å². The molecule has 0 fully saturated rings. The summed E-state index contributed by atoms with van der Waals surface area (Å²) in [5.74, 6) is -0.227. The van der Waals surface area contributed by atoms with E-state index in [-0.39, 0.29) is 17.6 Å². The number of amides is 2. The Hall–Kier alpha value is -2.82. The van der Waals surface area contributed by atoms with Crippen molar-refractivity contribution < 1.29 is 14.0 Å². The minimum atomic E-state index is -0.333. The maximum Gasteiger partial charge on any atom is 0.291 e. The molecule has 0 unspecified atom stereocenters. The van der Waals surface area contributed by atoms with Gasteiger partial charge in [0.15, 0.2) is 5.76 Å². The molecule has 2 amide bonds. The van der Waals surface area contributed by atoms with Gasteiger partial charge in [-0.2, -0.15) is 0 Å². The maximum absolute atomic E-state index is 12.4. The fourth-order valence-electron chi connectivity index (χ4n) is 3.06. The van der Waals surface area contributed by atoms with Crippen LogP contribution < -0.4 is 10.6 Å². The van der Waals surface area contributed by atoms with Gasteiger partial charge in [-0.05, 0) is 68.9 Å². The Bertz CT molecular complexity index is 807. The van der Waals surface area contributed by atoms with E-state index in [2.05, 4.69) is 16.7 Å². The predicted octanol–water partition coefficient (Wildman–Crippen LogP) is 4.46. The third-order valence-electron chi connectivity index (χ3n) is 4.61. The molecule has 0 saturated heterocycles. The number of allylic oxidation sites excluding steroid dienone is 1. The SMILES string of the molecule is Cc1ccc(C(=O)NCCC2=CCCCC2)cc1NC(=O)c1ccco1. The van der Waals surface area contributed by atoms with Crippen LogP contribution in [0.25, 0.3) is 0 Å². The Balaban J connectivity index is 1.59. The predicted molar refractivity (Wildman–Crippen MR) is 101 cm³/mol. The summed E-state index contributed by atoms with van der Waals surface area (Å²) in [6.45, 7) is 2.52. The molecule has 0 radical (unpaired) electrons. The van der Waals surface area contributed by atoms with Gasteiger partial charge in [0.2, 0.25) is 0 Å². The molecule has 1 heterocycles. The highest BCUT2D eigenvalue weighted by atomic mass is 16.3. The zero-order valence-corrected chi connectivity index (χ0v) is 15.0. The van der Waals surface area contributed by atoms with Crippen molar-refractivity contribution in [1.29, 1.82) is 0 Å². The smallest absolute Gasteiger partial charge is 0.291 e. The fourth-order valence-corrected chi connectivity index (χ4v) is 3.06. The van der Waals surface area contributed by atoms with Crippen molar-refractivity contribution in [3.63, 3.8) is 0 Å². The van der Waals surface area contributed by atoms with Crippen LogP contribution in [0.2, 0.25) is 0 Å². The van der Waals surface area contributed by atoms with Gasteiger partial charge in [0, 0.05) is 17.8 Å². The lowest BCUT2D eigenvalue weighted by atomic mass is 9.97. The van der Waals surface area contributed by atoms with E-state index in [1.165, 1.54) is 24.7 Å². The Labute approximate surface area is 153 Å². The van der Waals surface area contributed by atoms with E-state index in [9.17, 15) is 9.59 Å². The molecule has 5 nitrogen and oxygen atoms in total. The summed E-state index contributed by atoms with van der Waals surface area (Å²) in [7, 11) is 0. The molecule has 0 atom stereocenters. The summed E-state index contributed by atoms with van der Waals surface area (Å²) >= 11 is 0. The minimum absolute atomic E-state index is 0.130. The Morgan fingerprint density at radius 3 is 2.77 bits per heavy atom. The molecular formula is C21H24N2O3. The summed E-state index contributed by atoms with van der Waals surface area (Å²) < 4.78 is 5.10. The molecule has 0 saturated carbocycles. The lowest BCUT2D eigenvalue weighted by Gasteiger charge is -2.13. The quantitative estimate of drug-likeness (QED) is 0.754. The molecule has 0 aliphatic heterocycles. The number of nitrogens with one attached hydrogen (secondary N) is 2. The number of anilines is 1. The van der Waals surface area contributed by atoms with Crippen molar-refractivity contribution >= 4 is 17.5 Å². The second-order valence-electron chi connectivity index (χ2n) is 6.58. The second-order valence-corrected chi connectivity index (χ2v) is 6.58. The first-order chi connectivity index (χ1) is 12.6. The van der Waals surface area contributed by atoms with E-state index in [0.717, 1.165) is 24.8 Å². The van der Waals surface area contributed by atoms with Crippen LogP contribution in [0.5, 0.6) is 0 Å². The van der Waals surface area contributed by atoms with Crippen molar-refractivity contribution in [3.8, 4) is 0 Å². The van der Waals surface area contributed by atoms with E-state index in [1.54, 1.807) is 24.3 Å². The molecule has 1 aromatic heterocycles. The summed E-state index contributed by atoms with van der Waals surface area (Å²) in [6.07, 6.45) is 9.46. The highest BCUT2D eigenvalue weighted by Crippen LogP contribution is 2.20. The third-order valence-corrected chi connectivity index (χ3v) is 4.61. The number of benzene rings is 1. The Morgan fingerprint density at radius 2 is 2.04 bits per heavy atom. The maximum atomic E-state index is 12.4. The van der Waals surface area contributed by atoms with Gasteiger partial charge in [0.05, 0.1) is 6.26 Å². The molecule has 1 aliphatic rings. The lowest BCUT2D eigenvalue weighted by molar-refractivity contribution is 0.0952. The van der Waals surface area contributed by atoms with Gasteiger partial charge < -0.3 is 15.1 Å². The van der Waals surface area contributed by atoms with E-state index in [1.807, 2.05) is 13.0 Å². The van der Waals surface area contributed by atoms with Crippen LogP contribution in [0.3, 0.4) is 0 Å². The van der Waals surface area contributed by atoms with Crippen molar-refractivity contribution in [2.24, 2.45) is 0 Å². The molecule has 0 bridgehead atoms. The zero-order chi connectivity index (χ0) is 18.4. The number of carbonyl (C=O) groups is 2. The normalized spacial score (nSPS) is 13.8. The Morgan fingerprint density at radius 1 is 1.15 bits per heavy atom. The van der Waals surface area contributed by atoms with E-state index in [4.69, 9.17) is 4.42 Å². The topological polar surface area (TPSA) is 71.3 Å². The molecule has 1 aromatic carbocycles. The first-order valence-corrected chi connectivity index (χ1v) is 9.05. The standard InChI is InChI=1S/C21H24N2O3/c1-15-9-10-17(14-18(15)23-21(25)19-8-5-13-26-19)20(24)22-12-11-16-6-3-2-4-7-16/h5-6,8-10,13-14H,2-4,7,11-12H2,1H3,(H,22,24)(H,23,25). The zero-order valence-electron chi connectivity index (χ0n) is 15.0. The number of rotatable bonds is 6. The van der Waals surface area contributed by atoms with Crippen LogP contribution in [-0.2, 0) is 0 Å². The first kappa shape index (κ1) is 18.0. The van der Waals surface area contributed by atoms with Crippen LogP contribution in [0, 0.1) is 6.92 Å². The van der Waals surface area contributed by atoms with Crippen molar-refractivity contribution in [2.45, 2.75) is 39.0 Å². The molecule has 2 N–H and O–H groups in total. The average Bonchev–Trinajstić information content (AvgIpc) is 3.19. The molecule has 3 rings (SSSR count). The monoisotopic (exact) mass is 352 g/mol. The largest absolute Gasteiger partial charge is 0.459 e. The van der Waals surface area contributed by atoms with Gasteiger partial charge in [-0.25, -0.2) is 0 Å². The van der Waals surface area contributed by atoms with Gasteiger partial charge >= 0.3 is 0 Å². The lowest BCUT2D eigenvalue weighted by Crippen LogP contribution is -2.25. The molecule has 0 spiro atoms. The first-order valence-electron chi connectivity index (χ1n) is 9.05. The summed E-state index contributed by atoms with van der Waals surface area (Å²) in [6, 6.07) is 8.56. The number of aryl methyl sites for hydroxylation is 1. The molecule has 26 heavy (non-hydrogen) atoms. The second kappa shape index (κ2) is 8.52. The summed E-state index contributed by atoms with van der Waals surface area (Å²) in [5.41, 5.74) is 3.46. The van der Waals surface area contributed by atoms with Gasteiger partial charge in [0.25, 0.3) is 11.8 Å². The van der Waals surface area contributed by atoms with E-state index < -0.39 is 0 Å². The fraction of sp³-hybridized carbons (Fsp3) is 0.333. The van der Waals surface area contributed by atoms with Crippen molar-refractivity contribution in [2.75, 3.05) is 11.9 Å². The van der Waals surface area contributed by atoms with E-state index in [0.29, 0.717) is 17.8 Å². The average molecular weight is 352 g/mol. The number of furan rings is 1. The van der Waals surface area contributed by atoms with Gasteiger partial charge in [0.1, 0.15) is 0 Å². The van der Waals surface area contributed by atoms with Crippen LogP contribution in [0.1, 0.15) is 58.6 Å². The van der Waals surface area contributed by atoms with Crippen molar-refractivity contribution in [1.82, 2.24) is 5.32 Å². The minimum Gasteiger partial charge on any atom is -0.459 e. The highest BCUT2D eigenvalue weighted by molar-refractivity contribution is 6.03. The Kier molecular flexibility index (Phi) is 5.89.